The SMILES string of the molecule is c1nc(NCC2CNCCO2)c2[nH]cnc2n1. The minimum Gasteiger partial charge on any atom is -0.374 e. The van der Waals surface area contributed by atoms with Crippen molar-refractivity contribution in [2.45, 2.75) is 6.10 Å². The molecule has 1 atom stereocenters. The molecule has 0 aliphatic carbocycles. The zero-order valence-electron chi connectivity index (χ0n) is 9.31. The Hall–Kier alpha value is -1.73. The normalized spacial score (nSPS) is 20.6. The van der Waals surface area contributed by atoms with Gasteiger partial charge >= 0.3 is 0 Å². The number of hydrogen-bond donors (Lipinski definition) is 3. The average molecular weight is 234 g/mol. The molecular weight excluding hydrogens is 220 g/mol. The van der Waals surface area contributed by atoms with Gasteiger partial charge in [-0.15, -0.1) is 0 Å². The Labute approximate surface area is 98.0 Å². The third-order valence-corrected chi connectivity index (χ3v) is 2.72. The number of nitrogens with one attached hydrogen (secondary N) is 3. The molecule has 0 bridgehead atoms. The third-order valence-electron chi connectivity index (χ3n) is 2.72. The molecule has 3 N–H and O–H groups in total. The van der Waals surface area contributed by atoms with E-state index < -0.39 is 0 Å². The predicted octanol–water partition coefficient (Wildman–Crippen LogP) is -0.247. The predicted molar refractivity (Wildman–Crippen MR) is 62.8 cm³/mol. The van der Waals surface area contributed by atoms with Gasteiger partial charge in [0, 0.05) is 19.6 Å². The van der Waals surface area contributed by atoms with Gasteiger partial charge in [-0.05, 0) is 0 Å². The summed E-state index contributed by atoms with van der Waals surface area (Å²) < 4.78 is 5.60. The zero-order chi connectivity index (χ0) is 11.5. The number of hydrogen-bond acceptors (Lipinski definition) is 6. The van der Waals surface area contributed by atoms with Crippen LogP contribution in [0.15, 0.2) is 12.7 Å². The molecule has 1 aliphatic heterocycles. The van der Waals surface area contributed by atoms with Crippen LogP contribution in [-0.4, -0.2) is 52.3 Å². The standard InChI is InChI=1S/C10H14N6O/c1-2-17-7(3-11-1)4-12-9-8-10(14-5-13-8)16-6-15-9/h5-7,11H,1-4H2,(H2,12,13,14,15,16). The van der Waals surface area contributed by atoms with Gasteiger partial charge in [0.25, 0.3) is 0 Å². The van der Waals surface area contributed by atoms with E-state index in [4.69, 9.17) is 4.74 Å². The second-order valence-electron chi connectivity index (χ2n) is 3.90. The lowest BCUT2D eigenvalue weighted by molar-refractivity contribution is 0.0372. The molecule has 0 aromatic carbocycles. The fraction of sp³-hybridized carbons (Fsp3) is 0.500. The number of rotatable bonds is 3. The summed E-state index contributed by atoms with van der Waals surface area (Å²) in [7, 11) is 0. The Bertz CT molecular complexity index is 492. The van der Waals surface area contributed by atoms with Crippen molar-refractivity contribution in [3.8, 4) is 0 Å². The lowest BCUT2D eigenvalue weighted by atomic mass is 10.3. The van der Waals surface area contributed by atoms with Crippen LogP contribution in [0.3, 0.4) is 0 Å². The van der Waals surface area contributed by atoms with Gasteiger partial charge in [-0.2, -0.15) is 0 Å². The van der Waals surface area contributed by atoms with Crippen LogP contribution >= 0.6 is 0 Å². The number of aromatic amines is 1. The fourth-order valence-electron chi connectivity index (χ4n) is 1.86. The summed E-state index contributed by atoms with van der Waals surface area (Å²) in [6, 6.07) is 0. The van der Waals surface area contributed by atoms with Crippen molar-refractivity contribution in [2.75, 3.05) is 31.6 Å². The Morgan fingerprint density at radius 1 is 1.41 bits per heavy atom. The Morgan fingerprint density at radius 2 is 2.41 bits per heavy atom. The molecule has 90 valence electrons. The number of morpholine rings is 1. The second-order valence-corrected chi connectivity index (χ2v) is 3.90. The highest BCUT2D eigenvalue weighted by atomic mass is 16.5. The first kappa shape index (κ1) is 10.4. The molecular formula is C10H14N6O. The molecule has 1 fully saturated rings. The van der Waals surface area contributed by atoms with Gasteiger partial charge in [0.1, 0.15) is 11.8 Å². The van der Waals surface area contributed by atoms with Crippen molar-refractivity contribution < 1.29 is 4.74 Å². The summed E-state index contributed by atoms with van der Waals surface area (Å²) >= 11 is 0. The summed E-state index contributed by atoms with van der Waals surface area (Å²) in [6.07, 6.45) is 3.30. The first-order valence-electron chi connectivity index (χ1n) is 5.64. The number of anilines is 1. The number of imidazole rings is 1. The maximum atomic E-state index is 5.60. The maximum absolute atomic E-state index is 5.60. The Balaban J connectivity index is 1.69. The third kappa shape index (κ3) is 2.20. The van der Waals surface area contributed by atoms with E-state index in [2.05, 4.69) is 30.6 Å². The maximum Gasteiger partial charge on any atom is 0.182 e. The summed E-state index contributed by atoms with van der Waals surface area (Å²) in [5.41, 5.74) is 1.50. The van der Waals surface area contributed by atoms with Crippen LogP contribution in [0.1, 0.15) is 0 Å². The van der Waals surface area contributed by atoms with Crippen molar-refractivity contribution in [3.05, 3.63) is 12.7 Å². The monoisotopic (exact) mass is 234 g/mol. The Kier molecular flexibility index (Phi) is 2.85. The average Bonchev–Trinajstić information content (AvgIpc) is 2.86. The fourth-order valence-corrected chi connectivity index (χ4v) is 1.86. The smallest absolute Gasteiger partial charge is 0.182 e. The number of fused-ring (bicyclic) bond motifs is 1. The summed E-state index contributed by atoms with van der Waals surface area (Å²) in [4.78, 5) is 15.4. The van der Waals surface area contributed by atoms with Crippen LogP contribution in [0.4, 0.5) is 5.82 Å². The van der Waals surface area contributed by atoms with Gasteiger partial charge in [-0.25, -0.2) is 15.0 Å². The number of aromatic nitrogens is 4. The molecule has 17 heavy (non-hydrogen) atoms. The molecule has 3 heterocycles. The number of H-pyrrole nitrogens is 1. The summed E-state index contributed by atoms with van der Waals surface area (Å²) in [6.45, 7) is 3.27. The molecule has 0 spiro atoms. The first-order chi connectivity index (χ1) is 8.43. The summed E-state index contributed by atoms with van der Waals surface area (Å²) in [5, 5.41) is 6.54. The van der Waals surface area contributed by atoms with Crippen LogP contribution in [0.25, 0.3) is 11.2 Å². The molecule has 0 radical (unpaired) electrons. The van der Waals surface area contributed by atoms with Gasteiger partial charge in [0.15, 0.2) is 11.5 Å². The van der Waals surface area contributed by atoms with Crippen LogP contribution in [0, 0.1) is 0 Å². The van der Waals surface area contributed by atoms with Gasteiger partial charge in [0.2, 0.25) is 0 Å². The Morgan fingerprint density at radius 3 is 3.29 bits per heavy atom. The van der Waals surface area contributed by atoms with Crippen LogP contribution in [0.5, 0.6) is 0 Å². The highest BCUT2D eigenvalue weighted by Gasteiger charge is 2.14. The summed E-state index contributed by atoms with van der Waals surface area (Å²) in [5.74, 6) is 0.765. The van der Waals surface area contributed by atoms with E-state index in [1.54, 1.807) is 6.33 Å². The molecule has 2 aromatic rings. The van der Waals surface area contributed by atoms with E-state index >= 15 is 0 Å². The van der Waals surface area contributed by atoms with Crippen molar-refractivity contribution in [3.63, 3.8) is 0 Å². The minimum atomic E-state index is 0.177. The highest BCUT2D eigenvalue weighted by Crippen LogP contribution is 2.14. The number of nitrogens with zero attached hydrogens (tertiary/aromatic N) is 3. The lowest BCUT2D eigenvalue weighted by Gasteiger charge is -2.23. The molecule has 3 rings (SSSR count). The molecule has 7 nitrogen and oxygen atoms in total. The largest absolute Gasteiger partial charge is 0.374 e. The topological polar surface area (TPSA) is 87.8 Å². The van der Waals surface area contributed by atoms with Crippen molar-refractivity contribution in [1.29, 1.82) is 0 Å². The van der Waals surface area contributed by atoms with E-state index in [1.165, 1.54) is 6.33 Å². The van der Waals surface area contributed by atoms with Crippen LogP contribution in [0.2, 0.25) is 0 Å². The zero-order valence-corrected chi connectivity index (χ0v) is 9.31. The molecule has 1 saturated heterocycles. The molecule has 0 amide bonds. The van der Waals surface area contributed by atoms with Crippen LogP contribution < -0.4 is 10.6 Å². The van der Waals surface area contributed by atoms with Gasteiger partial charge < -0.3 is 20.4 Å². The van der Waals surface area contributed by atoms with E-state index in [9.17, 15) is 0 Å². The van der Waals surface area contributed by atoms with E-state index in [1.807, 2.05) is 0 Å². The quantitative estimate of drug-likeness (QED) is 0.679. The van der Waals surface area contributed by atoms with E-state index in [0.29, 0.717) is 5.65 Å². The van der Waals surface area contributed by atoms with Crippen molar-refractivity contribution in [1.82, 2.24) is 25.3 Å². The molecule has 7 heteroatoms. The molecule has 1 unspecified atom stereocenters. The van der Waals surface area contributed by atoms with E-state index in [0.717, 1.165) is 37.6 Å². The highest BCUT2D eigenvalue weighted by molar-refractivity contribution is 5.81. The molecule has 1 aliphatic rings. The number of ether oxygens (including phenoxy) is 1. The first-order valence-corrected chi connectivity index (χ1v) is 5.64. The minimum absolute atomic E-state index is 0.177. The molecule has 2 aromatic heterocycles. The second kappa shape index (κ2) is 4.64. The lowest BCUT2D eigenvalue weighted by Crippen LogP contribution is -2.42. The van der Waals surface area contributed by atoms with Crippen molar-refractivity contribution in [2.24, 2.45) is 0 Å². The van der Waals surface area contributed by atoms with Gasteiger partial charge in [-0.3, -0.25) is 0 Å². The van der Waals surface area contributed by atoms with Crippen molar-refractivity contribution >= 4 is 17.0 Å². The van der Waals surface area contributed by atoms with E-state index in [-0.39, 0.29) is 6.10 Å². The molecule has 0 saturated carbocycles. The van der Waals surface area contributed by atoms with Crippen LogP contribution in [-0.2, 0) is 4.74 Å². The van der Waals surface area contributed by atoms with Gasteiger partial charge in [-0.1, -0.05) is 0 Å². The van der Waals surface area contributed by atoms with Gasteiger partial charge in [0.05, 0.1) is 19.0 Å².